The molecule has 10 heteroatoms. The van der Waals surface area contributed by atoms with Crippen LogP contribution in [-0.2, 0) is 21.8 Å². The lowest BCUT2D eigenvalue weighted by molar-refractivity contribution is -0.159. The minimum Gasteiger partial charge on any atom is -0.329 e. The van der Waals surface area contributed by atoms with E-state index in [1.165, 1.54) is 18.2 Å². The molecule has 3 aromatic rings. The van der Waals surface area contributed by atoms with Crippen LogP contribution in [-0.4, -0.2) is 18.6 Å². The highest BCUT2D eigenvalue weighted by atomic mass is 32.2. The minimum absolute atomic E-state index is 0.0810. The zero-order valence-electron chi connectivity index (χ0n) is 12.9. The highest BCUT2D eigenvalue weighted by Crippen LogP contribution is 2.30. The van der Waals surface area contributed by atoms with Crippen LogP contribution in [0, 0.1) is 5.82 Å². The van der Waals surface area contributed by atoms with E-state index in [1.807, 2.05) is 0 Å². The fraction of sp³-hybridized carbons (Fsp3) is 0.125. The van der Waals surface area contributed by atoms with E-state index in [0.29, 0.717) is 0 Å². The smallest absolute Gasteiger partial charge is 0.329 e. The number of nitrogens with zero attached hydrogens (tertiary/aromatic N) is 2. The summed E-state index contributed by atoms with van der Waals surface area (Å²) in [6, 6.07) is 10.9. The Labute approximate surface area is 145 Å². The minimum atomic E-state index is -4.84. The summed E-state index contributed by atoms with van der Waals surface area (Å²) in [6.07, 6.45) is -4.84. The van der Waals surface area contributed by atoms with Gasteiger partial charge in [-0.25, -0.2) is 12.8 Å². The maximum atomic E-state index is 14.2. The highest BCUT2D eigenvalue weighted by Gasteiger charge is 2.38. The van der Waals surface area contributed by atoms with Crippen molar-refractivity contribution in [3.05, 3.63) is 65.8 Å². The predicted molar refractivity (Wildman–Crippen MR) is 82.0 cm³/mol. The molecule has 5 nitrogen and oxygen atoms in total. The van der Waals surface area contributed by atoms with Gasteiger partial charge in [-0.05, 0) is 29.8 Å². The molecule has 3 rings (SSSR count). The van der Waals surface area contributed by atoms with E-state index in [4.69, 9.17) is 0 Å². The number of alkyl halides is 3. The van der Waals surface area contributed by atoms with Gasteiger partial charge in [-0.1, -0.05) is 29.4 Å². The number of halogens is 4. The number of benzene rings is 2. The summed E-state index contributed by atoms with van der Waals surface area (Å²) in [5.74, 6) is -3.59. The second-order valence-electron chi connectivity index (χ2n) is 5.31. The first-order valence-electron chi connectivity index (χ1n) is 7.14. The zero-order chi connectivity index (χ0) is 18.9. The van der Waals surface area contributed by atoms with Crippen LogP contribution in [0.5, 0.6) is 0 Å². The molecule has 0 aliphatic heterocycles. The summed E-state index contributed by atoms with van der Waals surface area (Å²) in [7, 11) is -3.69. The van der Waals surface area contributed by atoms with E-state index in [2.05, 4.69) is 14.7 Å². The van der Waals surface area contributed by atoms with Crippen molar-refractivity contribution in [2.45, 2.75) is 16.8 Å². The second-order valence-corrected chi connectivity index (χ2v) is 7.30. The zero-order valence-corrected chi connectivity index (χ0v) is 13.7. The number of hydrogen-bond donors (Lipinski definition) is 0. The SMILES string of the molecule is O=S(=O)(Cc1ccc(-c2noc(C(F)(F)F)n2)c(F)c1)c1ccccc1. The number of aromatic nitrogens is 2. The standard InChI is InChI=1S/C16H10F4N2O3S/c17-13-8-10(9-26(23,24)11-4-2-1-3-5-11)6-7-12(13)14-21-15(25-22-14)16(18,19)20/h1-8H,9H2. The van der Waals surface area contributed by atoms with Gasteiger partial charge in [0, 0.05) is 0 Å². The van der Waals surface area contributed by atoms with E-state index in [-0.39, 0.29) is 16.0 Å². The van der Waals surface area contributed by atoms with Gasteiger partial charge in [0.1, 0.15) is 5.82 Å². The average molecular weight is 386 g/mol. The molecular weight excluding hydrogens is 376 g/mol. The summed E-state index contributed by atoms with van der Waals surface area (Å²) in [5.41, 5.74) is -0.195. The van der Waals surface area contributed by atoms with Crippen molar-refractivity contribution in [3.63, 3.8) is 0 Å². The normalized spacial score (nSPS) is 12.3. The van der Waals surface area contributed by atoms with Crippen LogP contribution >= 0.6 is 0 Å². The molecule has 2 aromatic carbocycles. The Balaban J connectivity index is 1.88. The lowest BCUT2D eigenvalue weighted by atomic mass is 10.1. The summed E-state index contributed by atoms with van der Waals surface area (Å²) in [4.78, 5) is 3.18. The molecule has 0 bridgehead atoms. The van der Waals surface area contributed by atoms with E-state index >= 15 is 0 Å². The molecular formula is C16H10F4N2O3S. The molecule has 26 heavy (non-hydrogen) atoms. The fourth-order valence-electron chi connectivity index (χ4n) is 2.21. The molecule has 1 aromatic heterocycles. The van der Waals surface area contributed by atoms with Crippen LogP contribution in [0.4, 0.5) is 17.6 Å². The Morgan fingerprint density at radius 1 is 1.04 bits per heavy atom. The highest BCUT2D eigenvalue weighted by molar-refractivity contribution is 7.90. The van der Waals surface area contributed by atoms with Crippen molar-refractivity contribution in [3.8, 4) is 11.4 Å². The maximum absolute atomic E-state index is 14.2. The number of sulfone groups is 1. The van der Waals surface area contributed by atoms with Gasteiger partial charge in [-0.2, -0.15) is 18.2 Å². The van der Waals surface area contributed by atoms with Crippen LogP contribution < -0.4 is 0 Å². The quantitative estimate of drug-likeness (QED) is 0.637. The van der Waals surface area contributed by atoms with Crippen LogP contribution in [0.1, 0.15) is 11.5 Å². The summed E-state index contributed by atoms with van der Waals surface area (Å²) >= 11 is 0. The molecule has 0 unspecified atom stereocenters. The molecule has 0 radical (unpaired) electrons. The number of hydrogen-bond acceptors (Lipinski definition) is 5. The fourth-order valence-corrected chi connectivity index (χ4v) is 3.57. The Hall–Kier alpha value is -2.75. The third-order valence-electron chi connectivity index (χ3n) is 3.40. The lowest BCUT2D eigenvalue weighted by Crippen LogP contribution is -2.06. The first-order valence-corrected chi connectivity index (χ1v) is 8.79. The van der Waals surface area contributed by atoms with Gasteiger partial charge in [-0.15, -0.1) is 0 Å². The largest absolute Gasteiger partial charge is 0.471 e. The van der Waals surface area contributed by atoms with Crippen LogP contribution in [0.15, 0.2) is 57.9 Å². The predicted octanol–water partition coefficient (Wildman–Crippen LogP) is 3.87. The first-order chi connectivity index (χ1) is 12.2. The molecule has 0 saturated heterocycles. The van der Waals surface area contributed by atoms with Crippen molar-refractivity contribution in [1.29, 1.82) is 0 Å². The van der Waals surface area contributed by atoms with E-state index in [1.54, 1.807) is 18.2 Å². The molecule has 1 heterocycles. The van der Waals surface area contributed by atoms with E-state index in [9.17, 15) is 26.0 Å². The molecule has 0 spiro atoms. The van der Waals surface area contributed by atoms with Gasteiger partial charge in [0.2, 0.25) is 5.82 Å². The van der Waals surface area contributed by atoms with Crippen LogP contribution in [0.2, 0.25) is 0 Å². The van der Waals surface area contributed by atoms with Crippen molar-refractivity contribution < 1.29 is 30.5 Å². The van der Waals surface area contributed by atoms with E-state index < -0.39 is 39.3 Å². The molecule has 0 amide bonds. The van der Waals surface area contributed by atoms with Crippen molar-refractivity contribution in [2.75, 3.05) is 0 Å². The Morgan fingerprint density at radius 3 is 2.31 bits per heavy atom. The topological polar surface area (TPSA) is 73.1 Å². The molecule has 0 N–H and O–H groups in total. The van der Waals surface area contributed by atoms with Gasteiger partial charge >= 0.3 is 12.1 Å². The molecule has 0 aliphatic carbocycles. The van der Waals surface area contributed by atoms with Crippen molar-refractivity contribution in [1.82, 2.24) is 10.1 Å². The maximum Gasteiger partial charge on any atom is 0.471 e. The van der Waals surface area contributed by atoms with Crippen molar-refractivity contribution >= 4 is 9.84 Å². The van der Waals surface area contributed by atoms with Crippen molar-refractivity contribution in [2.24, 2.45) is 0 Å². The average Bonchev–Trinajstić information content (AvgIpc) is 3.05. The molecule has 0 atom stereocenters. The molecule has 0 fully saturated rings. The monoisotopic (exact) mass is 386 g/mol. The Bertz CT molecular complexity index is 1030. The van der Waals surface area contributed by atoms with E-state index in [0.717, 1.165) is 12.1 Å². The van der Waals surface area contributed by atoms with Crippen LogP contribution in [0.25, 0.3) is 11.4 Å². The second kappa shape index (κ2) is 6.52. The Morgan fingerprint density at radius 2 is 1.73 bits per heavy atom. The summed E-state index contributed by atoms with van der Waals surface area (Å²) < 4.78 is 80.3. The number of rotatable bonds is 4. The van der Waals surface area contributed by atoms with Gasteiger partial charge in [-0.3, -0.25) is 0 Å². The van der Waals surface area contributed by atoms with Gasteiger partial charge < -0.3 is 4.52 Å². The van der Waals surface area contributed by atoms with Gasteiger partial charge in [0.15, 0.2) is 9.84 Å². The molecule has 136 valence electrons. The van der Waals surface area contributed by atoms with Crippen LogP contribution in [0.3, 0.4) is 0 Å². The third-order valence-corrected chi connectivity index (χ3v) is 5.11. The Kier molecular flexibility index (Phi) is 4.53. The first kappa shape index (κ1) is 18.1. The summed E-state index contributed by atoms with van der Waals surface area (Å²) in [5, 5.41) is 3.10. The third kappa shape index (κ3) is 3.74. The lowest BCUT2D eigenvalue weighted by Gasteiger charge is -2.06. The molecule has 0 saturated carbocycles. The summed E-state index contributed by atoms with van der Waals surface area (Å²) in [6.45, 7) is 0. The van der Waals surface area contributed by atoms with Gasteiger partial charge in [0.05, 0.1) is 16.2 Å². The molecule has 0 aliphatic rings. The van der Waals surface area contributed by atoms with Gasteiger partial charge in [0.25, 0.3) is 0 Å².